The second-order valence-electron chi connectivity index (χ2n) is 2.51. The minimum absolute atomic E-state index is 0.224. The van der Waals surface area contributed by atoms with Crippen LogP contribution in [0.1, 0.15) is 33.6 Å². The molecular weight excluding hydrogens is 128 g/mol. The normalized spacial score (nSPS) is 10.8. The van der Waals surface area contributed by atoms with Crippen LogP contribution in [0, 0.1) is 6.79 Å². The third-order valence-electron chi connectivity index (χ3n) is 1.01. The molecule has 0 atom stereocenters. The fraction of sp³-hybridized carbons (Fsp3) is 0.875. The van der Waals surface area contributed by atoms with E-state index in [-0.39, 0.29) is 6.10 Å². The van der Waals surface area contributed by atoms with Crippen molar-refractivity contribution in [3.05, 3.63) is 6.79 Å². The van der Waals surface area contributed by atoms with Crippen molar-refractivity contribution in [3.8, 4) is 0 Å². The number of ether oxygens (including phenoxy) is 2. The van der Waals surface area contributed by atoms with E-state index in [0.717, 1.165) is 19.4 Å². The maximum Gasteiger partial charge on any atom is 0.209 e. The Morgan fingerprint density at radius 1 is 1.40 bits per heavy atom. The number of hydrogen-bond acceptors (Lipinski definition) is 2. The van der Waals surface area contributed by atoms with Gasteiger partial charge in [-0.3, -0.25) is 0 Å². The summed E-state index contributed by atoms with van der Waals surface area (Å²) in [6.07, 6.45) is 2.48. The van der Waals surface area contributed by atoms with E-state index in [1.165, 1.54) is 6.79 Å². The van der Waals surface area contributed by atoms with Crippen LogP contribution in [-0.2, 0) is 9.47 Å². The van der Waals surface area contributed by atoms with Crippen LogP contribution < -0.4 is 0 Å². The molecule has 0 aliphatic rings. The van der Waals surface area contributed by atoms with Gasteiger partial charge in [0.2, 0.25) is 6.79 Å². The van der Waals surface area contributed by atoms with Crippen LogP contribution in [0.15, 0.2) is 0 Å². The number of unbranched alkanes of at least 4 members (excludes halogenated alkanes) is 1. The topological polar surface area (TPSA) is 18.5 Å². The van der Waals surface area contributed by atoms with Crippen molar-refractivity contribution < 1.29 is 9.47 Å². The summed E-state index contributed by atoms with van der Waals surface area (Å²) in [7, 11) is 0. The predicted octanol–water partition coefficient (Wildman–Crippen LogP) is 2.35. The van der Waals surface area contributed by atoms with Gasteiger partial charge in [-0.25, -0.2) is 0 Å². The van der Waals surface area contributed by atoms with Gasteiger partial charge in [-0.1, -0.05) is 13.3 Å². The van der Waals surface area contributed by atoms with Crippen molar-refractivity contribution in [1.29, 1.82) is 0 Å². The predicted molar refractivity (Wildman–Crippen MR) is 41.4 cm³/mol. The average molecular weight is 145 g/mol. The first kappa shape index (κ1) is 9.92. The van der Waals surface area contributed by atoms with Crippen LogP contribution >= 0.6 is 0 Å². The first-order valence-electron chi connectivity index (χ1n) is 3.86. The molecule has 0 fully saturated rings. The quantitative estimate of drug-likeness (QED) is 0.534. The highest BCUT2D eigenvalue weighted by Crippen LogP contribution is 1.95. The largest absolute Gasteiger partial charge is 0.348 e. The molecule has 2 nitrogen and oxygen atoms in total. The summed E-state index contributed by atoms with van der Waals surface area (Å²) in [5, 5.41) is 0. The highest BCUT2D eigenvalue weighted by atomic mass is 16.7. The molecule has 0 aromatic carbocycles. The second-order valence-corrected chi connectivity index (χ2v) is 2.51. The molecule has 10 heavy (non-hydrogen) atoms. The molecule has 0 aliphatic heterocycles. The monoisotopic (exact) mass is 145 g/mol. The van der Waals surface area contributed by atoms with Crippen molar-refractivity contribution in [2.45, 2.75) is 39.7 Å². The SMILES string of the molecule is CCCCO[CH]OC(C)C. The van der Waals surface area contributed by atoms with Gasteiger partial charge in [-0.2, -0.15) is 0 Å². The summed E-state index contributed by atoms with van der Waals surface area (Å²) in [4.78, 5) is 0. The summed E-state index contributed by atoms with van der Waals surface area (Å²) in [5.74, 6) is 0. The van der Waals surface area contributed by atoms with Crippen molar-refractivity contribution in [2.75, 3.05) is 6.61 Å². The molecule has 0 bridgehead atoms. The molecule has 0 aromatic heterocycles. The summed E-state index contributed by atoms with van der Waals surface area (Å²) in [6.45, 7) is 8.27. The summed E-state index contributed by atoms with van der Waals surface area (Å²) >= 11 is 0. The van der Waals surface area contributed by atoms with Crippen molar-refractivity contribution in [2.24, 2.45) is 0 Å². The first-order chi connectivity index (χ1) is 4.77. The lowest BCUT2D eigenvalue weighted by atomic mass is 10.4. The average Bonchev–Trinajstić information content (AvgIpc) is 1.87. The molecule has 0 unspecified atom stereocenters. The van der Waals surface area contributed by atoms with E-state index in [1.54, 1.807) is 0 Å². The van der Waals surface area contributed by atoms with E-state index in [2.05, 4.69) is 6.92 Å². The Balaban J connectivity index is 2.77. The van der Waals surface area contributed by atoms with Gasteiger partial charge in [0.1, 0.15) is 0 Å². The Kier molecular flexibility index (Phi) is 6.98. The summed E-state index contributed by atoms with van der Waals surface area (Å²) in [5.41, 5.74) is 0. The summed E-state index contributed by atoms with van der Waals surface area (Å²) in [6, 6.07) is 0. The molecule has 0 aromatic rings. The van der Waals surface area contributed by atoms with Gasteiger partial charge >= 0.3 is 0 Å². The van der Waals surface area contributed by atoms with Crippen LogP contribution in [0.5, 0.6) is 0 Å². The minimum atomic E-state index is 0.224. The van der Waals surface area contributed by atoms with Gasteiger partial charge in [0.15, 0.2) is 0 Å². The Labute approximate surface area is 63.5 Å². The van der Waals surface area contributed by atoms with Gasteiger partial charge in [0.25, 0.3) is 0 Å². The van der Waals surface area contributed by atoms with Gasteiger partial charge in [-0.15, -0.1) is 0 Å². The third kappa shape index (κ3) is 7.92. The number of rotatable bonds is 6. The fourth-order valence-electron chi connectivity index (χ4n) is 0.426. The van der Waals surface area contributed by atoms with Crippen molar-refractivity contribution >= 4 is 0 Å². The molecule has 0 rings (SSSR count). The molecule has 0 spiro atoms. The summed E-state index contributed by atoms with van der Waals surface area (Å²) < 4.78 is 10.1. The fourth-order valence-corrected chi connectivity index (χ4v) is 0.426. The van der Waals surface area contributed by atoms with Crippen molar-refractivity contribution in [3.63, 3.8) is 0 Å². The van der Waals surface area contributed by atoms with Gasteiger partial charge in [0, 0.05) is 6.61 Å². The van der Waals surface area contributed by atoms with Gasteiger partial charge < -0.3 is 9.47 Å². The molecule has 0 heterocycles. The molecular formula is C8H17O2. The molecule has 0 amide bonds. The van der Waals surface area contributed by atoms with E-state index < -0.39 is 0 Å². The Morgan fingerprint density at radius 3 is 2.60 bits per heavy atom. The highest BCUT2D eigenvalue weighted by Gasteiger charge is 1.92. The van der Waals surface area contributed by atoms with E-state index in [1.807, 2.05) is 13.8 Å². The molecule has 0 aliphatic carbocycles. The zero-order valence-electron chi connectivity index (χ0n) is 7.09. The molecule has 0 N–H and O–H groups in total. The molecule has 61 valence electrons. The zero-order chi connectivity index (χ0) is 7.82. The molecule has 2 heteroatoms. The Bertz CT molecular complexity index is 62.3. The second kappa shape index (κ2) is 7.03. The lowest BCUT2D eigenvalue weighted by Crippen LogP contribution is -2.02. The zero-order valence-corrected chi connectivity index (χ0v) is 7.09. The maximum absolute atomic E-state index is 5.04. The highest BCUT2D eigenvalue weighted by molar-refractivity contribution is 4.39. The molecule has 0 saturated heterocycles. The molecule has 1 radical (unpaired) electrons. The van der Waals surface area contributed by atoms with E-state index in [0.29, 0.717) is 0 Å². The van der Waals surface area contributed by atoms with Crippen LogP contribution in [-0.4, -0.2) is 12.7 Å². The lowest BCUT2D eigenvalue weighted by Gasteiger charge is -2.05. The van der Waals surface area contributed by atoms with Gasteiger partial charge in [0.05, 0.1) is 6.10 Å². The first-order valence-corrected chi connectivity index (χ1v) is 3.86. The van der Waals surface area contributed by atoms with E-state index in [9.17, 15) is 0 Å². The standard InChI is InChI=1S/C8H17O2/c1-4-5-6-9-7-10-8(2)3/h7-8H,4-6H2,1-3H3. The molecule has 0 saturated carbocycles. The third-order valence-corrected chi connectivity index (χ3v) is 1.01. The number of hydrogen-bond donors (Lipinski definition) is 0. The van der Waals surface area contributed by atoms with E-state index >= 15 is 0 Å². The van der Waals surface area contributed by atoms with E-state index in [4.69, 9.17) is 9.47 Å². The lowest BCUT2D eigenvalue weighted by molar-refractivity contribution is -0.00836. The smallest absolute Gasteiger partial charge is 0.209 e. The van der Waals surface area contributed by atoms with Crippen LogP contribution in [0.4, 0.5) is 0 Å². The van der Waals surface area contributed by atoms with Crippen LogP contribution in [0.2, 0.25) is 0 Å². The Hall–Kier alpha value is -0.0800. The van der Waals surface area contributed by atoms with Gasteiger partial charge in [-0.05, 0) is 20.3 Å². The Morgan fingerprint density at radius 2 is 2.10 bits per heavy atom. The van der Waals surface area contributed by atoms with Crippen LogP contribution in [0.3, 0.4) is 0 Å². The van der Waals surface area contributed by atoms with Crippen LogP contribution in [0.25, 0.3) is 0 Å². The maximum atomic E-state index is 5.04. The van der Waals surface area contributed by atoms with Crippen molar-refractivity contribution in [1.82, 2.24) is 0 Å². The minimum Gasteiger partial charge on any atom is -0.348 e.